The van der Waals surface area contributed by atoms with Crippen LogP contribution in [0.4, 0.5) is 22.7 Å². The summed E-state index contributed by atoms with van der Waals surface area (Å²) in [6.45, 7) is 5.27. The standard InChI is InChI=1S/C45H34N4.Pt/c1-45(2,34-16-13-19-37(29-34)48-31-47(36-17-7-4-8-18-36)41-22-11-12-23-42(41)48)35-24-25-39-38-20-9-10-21-40(38)49(43(39)30-35)44-28-33(26-27-46-44)32-14-5-3-6-15-32;/h3-28H,31H2,1-2H3;/q-2;+2. The van der Waals surface area contributed by atoms with Crippen molar-refractivity contribution in [2.75, 3.05) is 16.5 Å². The first kappa shape index (κ1) is 31.8. The zero-order valence-corrected chi connectivity index (χ0v) is 30.1. The van der Waals surface area contributed by atoms with Crippen LogP contribution in [0.15, 0.2) is 158 Å². The fraction of sp³-hybridized carbons (Fsp3) is 0.0889. The van der Waals surface area contributed by atoms with Crippen molar-refractivity contribution in [3.05, 3.63) is 181 Å². The topological polar surface area (TPSA) is 24.3 Å². The van der Waals surface area contributed by atoms with Gasteiger partial charge in [-0.05, 0) is 64.4 Å². The molecule has 9 rings (SSSR count). The molecule has 0 bridgehead atoms. The monoisotopic (exact) mass is 825 g/mol. The molecule has 2 aromatic heterocycles. The van der Waals surface area contributed by atoms with Gasteiger partial charge in [-0.25, -0.2) is 4.98 Å². The average molecular weight is 826 g/mol. The first-order valence-electron chi connectivity index (χ1n) is 16.8. The molecule has 3 heterocycles. The van der Waals surface area contributed by atoms with E-state index >= 15 is 0 Å². The van der Waals surface area contributed by atoms with E-state index in [2.05, 4.69) is 186 Å². The van der Waals surface area contributed by atoms with Gasteiger partial charge in [0.2, 0.25) is 0 Å². The third kappa shape index (κ3) is 5.32. The molecule has 0 saturated heterocycles. The molecule has 50 heavy (non-hydrogen) atoms. The molecule has 4 nitrogen and oxygen atoms in total. The maximum Gasteiger partial charge on any atom is 2.00 e. The van der Waals surface area contributed by atoms with Gasteiger partial charge in [0.15, 0.2) is 0 Å². The minimum absolute atomic E-state index is 0. The summed E-state index contributed by atoms with van der Waals surface area (Å²) < 4.78 is 2.26. The van der Waals surface area contributed by atoms with Crippen molar-refractivity contribution in [3.63, 3.8) is 0 Å². The molecule has 0 N–H and O–H groups in total. The summed E-state index contributed by atoms with van der Waals surface area (Å²) in [7, 11) is 0. The van der Waals surface area contributed by atoms with Crippen molar-refractivity contribution in [1.82, 2.24) is 9.55 Å². The fourth-order valence-electron chi connectivity index (χ4n) is 7.22. The van der Waals surface area contributed by atoms with E-state index in [4.69, 9.17) is 4.98 Å². The third-order valence-corrected chi connectivity index (χ3v) is 9.90. The van der Waals surface area contributed by atoms with E-state index in [0.717, 1.165) is 51.3 Å². The summed E-state index contributed by atoms with van der Waals surface area (Å²) >= 11 is 0. The average Bonchev–Trinajstić information content (AvgIpc) is 3.72. The van der Waals surface area contributed by atoms with Gasteiger partial charge in [-0.1, -0.05) is 104 Å². The van der Waals surface area contributed by atoms with E-state index in [9.17, 15) is 0 Å². The van der Waals surface area contributed by atoms with E-state index in [-0.39, 0.29) is 26.5 Å². The predicted molar refractivity (Wildman–Crippen MR) is 202 cm³/mol. The SMILES string of the molecule is CC(C)(c1[c-]c(N2CN(c3ccccc3)c3ccccc32)ccc1)c1[c-]c2c(cc1)c1ccccc1n2-c1cc(-c2ccccc2)ccn1.[Pt+2]. The number of anilines is 4. The number of para-hydroxylation sites is 4. The Bertz CT molecular complexity index is 2470. The summed E-state index contributed by atoms with van der Waals surface area (Å²) in [6.07, 6.45) is 1.90. The van der Waals surface area contributed by atoms with Crippen LogP contribution in [0, 0.1) is 12.1 Å². The van der Waals surface area contributed by atoms with Crippen LogP contribution in [-0.2, 0) is 26.5 Å². The molecule has 0 saturated carbocycles. The minimum Gasteiger partial charge on any atom is -0.345 e. The number of benzene rings is 6. The van der Waals surface area contributed by atoms with E-state index < -0.39 is 0 Å². The molecule has 0 fully saturated rings. The Balaban J connectivity index is 0.00000361. The Kier molecular flexibility index (Phi) is 8.13. The molecule has 1 aliphatic rings. The Morgan fingerprint density at radius 1 is 0.580 bits per heavy atom. The maximum atomic E-state index is 4.89. The molecule has 1 aliphatic heterocycles. The van der Waals surface area contributed by atoms with E-state index in [0.29, 0.717) is 0 Å². The number of rotatable bonds is 6. The molecule has 244 valence electrons. The summed E-state index contributed by atoms with van der Waals surface area (Å²) in [4.78, 5) is 9.61. The van der Waals surface area contributed by atoms with Gasteiger partial charge >= 0.3 is 21.1 Å². The van der Waals surface area contributed by atoms with Gasteiger partial charge < -0.3 is 14.4 Å². The molecular weight excluding hydrogens is 792 g/mol. The molecule has 0 spiro atoms. The number of nitrogens with zero attached hydrogens (tertiary/aromatic N) is 4. The molecule has 5 heteroatoms. The van der Waals surface area contributed by atoms with Crippen LogP contribution in [0.1, 0.15) is 25.0 Å². The molecule has 0 amide bonds. The molecule has 8 aromatic rings. The van der Waals surface area contributed by atoms with Gasteiger partial charge in [0.25, 0.3) is 0 Å². The zero-order chi connectivity index (χ0) is 33.0. The summed E-state index contributed by atoms with van der Waals surface area (Å²) in [5.74, 6) is 0.878. The molecule has 0 aliphatic carbocycles. The van der Waals surface area contributed by atoms with Gasteiger partial charge in [0.1, 0.15) is 5.82 Å². The number of hydrogen-bond donors (Lipinski definition) is 0. The van der Waals surface area contributed by atoms with Crippen LogP contribution in [0.5, 0.6) is 0 Å². The Morgan fingerprint density at radius 2 is 1.26 bits per heavy atom. The van der Waals surface area contributed by atoms with Crippen molar-refractivity contribution in [2.24, 2.45) is 0 Å². The quantitative estimate of drug-likeness (QED) is 0.156. The fourth-order valence-corrected chi connectivity index (χ4v) is 7.22. The van der Waals surface area contributed by atoms with Crippen molar-refractivity contribution in [1.29, 1.82) is 0 Å². The van der Waals surface area contributed by atoms with Crippen LogP contribution in [0.2, 0.25) is 0 Å². The number of aromatic nitrogens is 2. The van der Waals surface area contributed by atoms with Crippen LogP contribution >= 0.6 is 0 Å². The van der Waals surface area contributed by atoms with Crippen molar-refractivity contribution in [2.45, 2.75) is 19.3 Å². The Hall–Kier alpha value is -5.44. The van der Waals surface area contributed by atoms with Crippen LogP contribution < -0.4 is 9.80 Å². The number of pyridine rings is 1. The number of hydrogen-bond acceptors (Lipinski definition) is 3. The van der Waals surface area contributed by atoms with E-state index in [1.165, 1.54) is 28.0 Å². The third-order valence-electron chi connectivity index (χ3n) is 9.90. The largest absolute Gasteiger partial charge is 2.00 e. The smallest absolute Gasteiger partial charge is 0.345 e. The number of fused-ring (bicyclic) bond motifs is 4. The van der Waals surface area contributed by atoms with Crippen molar-refractivity contribution in [3.8, 4) is 16.9 Å². The van der Waals surface area contributed by atoms with E-state index in [1.54, 1.807) is 0 Å². The second-order valence-corrected chi connectivity index (χ2v) is 13.2. The zero-order valence-electron chi connectivity index (χ0n) is 27.8. The van der Waals surface area contributed by atoms with Gasteiger partial charge in [0, 0.05) is 17.4 Å². The first-order chi connectivity index (χ1) is 24.1. The molecule has 0 atom stereocenters. The molecule has 0 radical (unpaired) electrons. The van der Waals surface area contributed by atoms with Crippen molar-refractivity contribution < 1.29 is 21.1 Å². The Morgan fingerprint density at radius 3 is 2.06 bits per heavy atom. The Labute approximate surface area is 307 Å². The van der Waals surface area contributed by atoms with E-state index in [1.807, 2.05) is 12.3 Å². The van der Waals surface area contributed by atoms with Gasteiger partial charge in [-0.15, -0.1) is 11.5 Å². The predicted octanol–water partition coefficient (Wildman–Crippen LogP) is 11.0. The molecular formula is C45H34N4Pt. The minimum atomic E-state index is -0.372. The van der Waals surface area contributed by atoms with Gasteiger partial charge in [-0.2, -0.15) is 47.5 Å². The van der Waals surface area contributed by atoms with Gasteiger partial charge in [0.05, 0.1) is 18.0 Å². The van der Waals surface area contributed by atoms with Crippen LogP contribution in [-0.4, -0.2) is 16.2 Å². The second-order valence-electron chi connectivity index (χ2n) is 13.2. The second kappa shape index (κ2) is 12.8. The molecule has 0 unspecified atom stereocenters. The first-order valence-corrected chi connectivity index (χ1v) is 16.8. The summed E-state index contributed by atoms with van der Waals surface area (Å²) in [5.41, 5.74) is 10.9. The van der Waals surface area contributed by atoms with Crippen LogP contribution in [0.3, 0.4) is 0 Å². The summed E-state index contributed by atoms with van der Waals surface area (Å²) in [5, 5.41) is 2.35. The summed E-state index contributed by atoms with van der Waals surface area (Å²) in [6, 6.07) is 61.3. The van der Waals surface area contributed by atoms with Crippen LogP contribution in [0.25, 0.3) is 38.8 Å². The van der Waals surface area contributed by atoms with Crippen molar-refractivity contribution >= 4 is 44.6 Å². The normalized spacial score (nSPS) is 12.7. The van der Waals surface area contributed by atoms with Gasteiger partial charge in [-0.3, -0.25) is 0 Å². The molecule has 6 aromatic carbocycles. The maximum absolute atomic E-state index is 4.89.